The van der Waals surface area contributed by atoms with Crippen LogP contribution in [0, 0.1) is 19.9 Å². The minimum absolute atomic E-state index is 0. The molecule has 4 rings (SSSR count). The predicted molar refractivity (Wildman–Crippen MR) is 120 cm³/mol. The van der Waals surface area contributed by atoms with Crippen LogP contribution in [0.3, 0.4) is 0 Å². The maximum Gasteiger partial charge on any atom is 0.155 e. The van der Waals surface area contributed by atoms with Gasteiger partial charge in [-0.1, -0.05) is 44.2 Å². The smallest absolute Gasteiger partial charge is 0.155 e. The van der Waals surface area contributed by atoms with Gasteiger partial charge in [0.2, 0.25) is 0 Å². The molecule has 0 fully saturated rings. The SMILES string of the molecule is CC(=O)/C=C(/C)O.Cc1[c-]c(-c2nccc3cc(-c4ccccc4)oc23)cc(C)c1.[Ir]. The van der Waals surface area contributed by atoms with Gasteiger partial charge in [-0.15, -0.1) is 34.9 Å². The van der Waals surface area contributed by atoms with E-state index in [0.717, 1.165) is 39.1 Å². The van der Waals surface area contributed by atoms with Gasteiger partial charge in [0.25, 0.3) is 0 Å². The van der Waals surface area contributed by atoms with Crippen LogP contribution in [-0.4, -0.2) is 15.9 Å². The molecule has 0 spiro atoms. The quantitative estimate of drug-likeness (QED) is 0.166. The molecule has 1 N–H and O–H groups in total. The molecule has 4 aromatic rings. The van der Waals surface area contributed by atoms with Crippen molar-refractivity contribution in [3.05, 3.63) is 89.8 Å². The topological polar surface area (TPSA) is 63.3 Å². The number of carbonyl (C=O) groups excluding carboxylic acids is 1. The van der Waals surface area contributed by atoms with Crippen molar-refractivity contribution in [3.63, 3.8) is 0 Å². The summed E-state index contributed by atoms with van der Waals surface area (Å²) in [6.45, 7) is 6.98. The molecule has 4 nitrogen and oxygen atoms in total. The van der Waals surface area contributed by atoms with E-state index >= 15 is 0 Å². The van der Waals surface area contributed by atoms with E-state index in [4.69, 9.17) is 9.52 Å². The van der Waals surface area contributed by atoms with Crippen molar-refractivity contribution in [1.29, 1.82) is 0 Å². The Labute approximate surface area is 196 Å². The first kappa shape index (κ1) is 24.3. The van der Waals surface area contributed by atoms with Crippen LogP contribution in [0.5, 0.6) is 0 Å². The van der Waals surface area contributed by atoms with E-state index in [2.05, 4.69) is 36.2 Å². The van der Waals surface area contributed by atoms with Crippen LogP contribution in [0.25, 0.3) is 33.6 Å². The van der Waals surface area contributed by atoms with Crippen molar-refractivity contribution in [1.82, 2.24) is 4.98 Å². The number of hydrogen-bond donors (Lipinski definition) is 1. The summed E-state index contributed by atoms with van der Waals surface area (Å²) in [6, 6.07) is 21.8. The molecule has 2 aromatic carbocycles. The van der Waals surface area contributed by atoms with Gasteiger partial charge in [-0.2, -0.15) is 0 Å². The molecule has 0 aliphatic heterocycles. The molecule has 0 unspecified atom stereocenters. The Morgan fingerprint density at radius 2 is 1.77 bits per heavy atom. The molecule has 0 aliphatic carbocycles. The number of aliphatic hydroxyl groups is 1. The van der Waals surface area contributed by atoms with Gasteiger partial charge < -0.3 is 14.5 Å². The number of rotatable bonds is 3. The van der Waals surface area contributed by atoms with Crippen LogP contribution >= 0.6 is 0 Å². The zero-order chi connectivity index (χ0) is 21.7. The molecule has 0 saturated carbocycles. The number of carbonyl (C=O) groups is 1. The Morgan fingerprint density at radius 3 is 2.35 bits per heavy atom. The molecule has 0 bridgehead atoms. The summed E-state index contributed by atoms with van der Waals surface area (Å²) in [6.07, 6.45) is 2.99. The predicted octanol–water partition coefficient (Wildman–Crippen LogP) is 6.61. The van der Waals surface area contributed by atoms with E-state index in [0.29, 0.717) is 0 Å². The number of hydrogen-bond acceptors (Lipinski definition) is 4. The molecule has 31 heavy (non-hydrogen) atoms. The average Bonchev–Trinajstić information content (AvgIpc) is 3.11. The van der Waals surface area contributed by atoms with E-state index < -0.39 is 0 Å². The maximum absolute atomic E-state index is 10.0. The van der Waals surface area contributed by atoms with Gasteiger partial charge in [0, 0.05) is 49.0 Å². The first-order valence-corrected chi connectivity index (χ1v) is 9.66. The molecule has 161 valence electrons. The summed E-state index contributed by atoms with van der Waals surface area (Å²) in [5.74, 6) is 0.798. The van der Waals surface area contributed by atoms with Gasteiger partial charge in [0.15, 0.2) is 5.78 Å². The van der Waals surface area contributed by atoms with Crippen molar-refractivity contribution in [3.8, 4) is 22.6 Å². The monoisotopic (exact) mass is 591 g/mol. The van der Waals surface area contributed by atoms with Gasteiger partial charge in [-0.25, -0.2) is 0 Å². The van der Waals surface area contributed by atoms with E-state index in [9.17, 15) is 4.79 Å². The van der Waals surface area contributed by atoms with Crippen molar-refractivity contribution in [2.75, 3.05) is 0 Å². The number of nitrogens with zero attached hydrogens (tertiary/aromatic N) is 1. The zero-order valence-corrected chi connectivity index (χ0v) is 20.3. The summed E-state index contributed by atoms with van der Waals surface area (Å²) in [7, 11) is 0. The van der Waals surface area contributed by atoms with Crippen molar-refractivity contribution >= 4 is 16.8 Å². The Bertz CT molecular complexity index is 1190. The fourth-order valence-electron chi connectivity index (χ4n) is 3.22. The number of aryl methyl sites for hydroxylation is 2. The summed E-state index contributed by atoms with van der Waals surface area (Å²) in [5.41, 5.74) is 6.00. The molecular formula is C26H24IrNO3-. The van der Waals surface area contributed by atoms with E-state index in [1.54, 1.807) is 0 Å². The largest absolute Gasteiger partial charge is 0.512 e. The molecule has 0 aliphatic rings. The third kappa shape index (κ3) is 6.48. The first-order valence-electron chi connectivity index (χ1n) is 9.66. The normalized spacial score (nSPS) is 10.8. The van der Waals surface area contributed by atoms with E-state index in [1.165, 1.54) is 25.5 Å². The van der Waals surface area contributed by atoms with Gasteiger partial charge in [0.05, 0.1) is 5.76 Å². The zero-order valence-electron chi connectivity index (χ0n) is 17.9. The fraction of sp³-hybridized carbons (Fsp3) is 0.154. The number of ketones is 1. The second-order valence-corrected chi connectivity index (χ2v) is 7.21. The fourth-order valence-corrected chi connectivity index (χ4v) is 3.22. The van der Waals surface area contributed by atoms with Crippen LogP contribution in [0.4, 0.5) is 0 Å². The number of aromatic nitrogens is 1. The Kier molecular flexibility index (Phi) is 8.49. The first-order chi connectivity index (χ1) is 14.3. The number of fused-ring (bicyclic) bond motifs is 1. The minimum Gasteiger partial charge on any atom is -0.512 e. The molecule has 1 radical (unpaired) electrons. The second kappa shape index (κ2) is 10.9. The molecular weight excluding hydrogens is 567 g/mol. The van der Waals surface area contributed by atoms with Crippen LogP contribution in [0.15, 0.2) is 77.0 Å². The van der Waals surface area contributed by atoms with Crippen LogP contribution < -0.4 is 0 Å². The van der Waals surface area contributed by atoms with Crippen LogP contribution in [0.2, 0.25) is 0 Å². The van der Waals surface area contributed by atoms with E-state index in [-0.39, 0.29) is 31.6 Å². The van der Waals surface area contributed by atoms with Crippen molar-refractivity contribution < 1.29 is 34.4 Å². The summed E-state index contributed by atoms with van der Waals surface area (Å²) >= 11 is 0. The Balaban J connectivity index is 0.000000373. The number of allylic oxidation sites excluding steroid dienone is 2. The summed E-state index contributed by atoms with van der Waals surface area (Å²) in [4.78, 5) is 14.6. The number of aliphatic hydroxyl groups excluding tert-OH is 1. The minimum atomic E-state index is -0.125. The van der Waals surface area contributed by atoms with Crippen LogP contribution in [-0.2, 0) is 24.9 Å². The second-order valence-electron chi connectivity index (χ2n) is 7.21. The molecule has 0 saturated heterocycles. The summed E-state index contributed by atoms with van der Waals surface area (Å²) in [5, 5.41) is 9.42. The number of benzene rings is 2. The standard InChI is InChI=1S/C21H16NO.C5H8O2.Ir/c1-14-10-15(2)12-18(11-14)20-21-17(8-9-22-20)13-19(23-21)16-6-4-3-5-7-16;1-4(6)3-5(2)7;/h3-11,13H,1-2H3;3,6H,1-2H3;/q-1;;/b;4-3-;. The van der Waals surface area contributed by atoms with E-state index in [1.807, 2.05) is 49.5 Å². The van der Waals surface area contributed by atoms with Gasteiger partial charge in [-0.05, 0) is 26.0 Å². The summed E-state index contributed by atoms with van der Waals surface area (Å²) < 4.78 is 6.14. The van der Waals surface area contributed by atoms with Gasteiger partial charge >= 0.3 is 0 Å². The molecule has 0 atom stereocenters. The molecule has 5 heteroatoms. The third-order valence-electron chi connectivity index (χ3n) is 4.31. The van der Waals surface area contributed by atoms with Crippen molar-refractivity contribution in [2.24, 2.45) is 0 Å². The van der Waals surface area contributed by atoms with Gasteiger partial charge in [-0.3, -0.25) is 4.79 Å². The third-order valence-corrected chi connectivity index (χ3v) is 4.31. The Hall–Kier alpha value is -3.01. The Morgan fingerprint density at radius 1 is 1.06 bits per heavy atom. The van der Waals surface area contributed by atoms with Crippen LogP contribution in [0.1, 0.15) is 25.0 Å². The number of pyridine rings is 1. The molecule has 2 aromatic heterocycles. The average molecular weight is 591 g/mol. The molecule has 0 amide bonds. The maximum atomic E-state index is 10.0. The van der Waals surface area contributed by atoms with Gasteiger partial charge in [0.1, 0.15) is 11.3 Å². The molecule has 2 heterocycles. The number of furan rings is 1. The van der Waals surface area contributed by atoms with Crippen molar-refractivity contribution in [2.45, 2.75) is 27.7 Å².